The molecule has 1 aliphatic heterocycles. The average Bonchev–Trinajstić information content (AvgIpc) is 2.72. The van der Waals surface area contributed by atoms with Crippen molar-refractivity contribution in [2.45, 2.75) is 32.2 Å². The standard InChI is InChI=1S/C23H26N2O3/c1-16(26)21-7-5-17(14-22(21)27)6-8-23(28)25-11-9-19(10-12-25)20-4-2-3-18(13-20)15-24/h2-8,13-14,19,27H,9-12,15,24H2,1H3/b8-6+. The van der Waals surface area contributed by atoms with Crippen LogP contribution in [0.5, 0.6) is 5.75 Å². The SMILES string of the molecule is CC(=O)c1ccc(/C=C/C(=O)N2CCC(c3cccc(CN)c3)CC2)cc1O. The van der Waals surface area contributed by atoms with Crippen LogP contribution in [0.15, 0.2) is 48.5 Å². The fourth-order valence-corrected chi connectivity index (χ4v) is 3.63. The van der Waals surface area contributed by atoms with Crippen LogP contribution in [0.3, 0.4) is 0 Å². The number of phenols is 1. The Labute approximate surface area is 165 Å². The number of phenolic OH excluding ortho intramolecular Hbond substituents is 1. The molecule has 0 bridgehead atoms. The summed E-state index contributed by atoms with van der Waals surface area (Å²) in [4.78, 5) is 25.7. The maximum absolute atomic E-state index is 12.5. The van der Waals surface area contributed by atoms with E-state index < -0.39 is 0 Å². The third-order valence-electron chi connectivity index (χ3n) is 5.28. The quantitative estimate of drug-likeness (QED) is 0.616. The minimum Gasteiger partial charge on any atom is -0.507 e. The van der Waals surface area contributed by atoms with E-state index in [1.807, 2.05) is 17.0 Å². The molecule has 0 aromatic heterocycles. The summed E-state index contributed by atoms with van der Waals surface area (Å²) in [5, 5.41) is 9.89. The van der Waals surface area contributed by atoms with Crippen molar-refractivity contribution in [3.8, 4) is 5.75 Å². The Bertz CT molecular complexity index is 896. The number of aromatic hydroxyl groups is 1. The molecule has 1 saturated heterocycles. The predicted molar refractivity (Wildman–Crippen MR) is 110 cm³/mol. The van der Waals surface area contributed by atoms with E-state index in [4.69, 9.17) is 5.73 Å². The zero-order valence-corrected chi connectivity index (χ0v) is 16.1. The summed E-state index contributed by atoms with van der Waals surface area (Å²) >= 11 is 0. The van der Waals surface area contributed by atoms with Crippen LogP contribution in [0.25, 0.3) is 6.08 Å². The Morgan fingerprint density at radius 1 is 1.18 bits per heavy atom. The van der Waals surface area contributed by atoms with Gasteiger partial charge in [0.05, 0.1) is 5.56 Å². The maximum atomic E-state index is 12.5. The van der Waals surface area contributed by atoms with Crippen molar-refractivity contribution in [3.05, 3.63) is 70.8 Å². The van der Waals surface area contributed by atoms with Crippen molar-refractivity contribution >= 4 is 17.8 Å². The second-order valence-electron chi connectivity index (χ2n) is 7.21. The first kappa shape index (κ1) is 19.8. The number of ketones is 1. The number of carbonyl (C=O) groups excluding carboxylic acids is 2. The maximum Gasteiger partial charge on any atom is 0.246 e. The lowest BCUT2D eigenvalue weighted by atomic mass is 9.88. The van der Waals surface area contributed by atoms with Gasteiger partial charge in [-0.1, -0.05) is 30.3 Å². The van der Waals surface area contributed by atoms with E-state index in [0.29, 0.717) is 18.0 Å². The average molecular weight is 378 g/mol. The van der Waals surface area contributed by atoms with E-state index in [-0.39, 0.29) is 23.0 Å². The molecule has 1 heterocycles. The third kappa shape index (κ3) is 4.67. The van der Waals surface area contributed by atoms with Gasteiger partial charge in [-0.3, -0.25) is 9.59 Å². The van der Waals surface area contributed by atoms with Crippen LogP contribution < -0.4 is 5.73 Å². The first-order valence-corrected chi connectivity index (χ1v) is 9.57. The van der Waals surface area contributed by atoms with E-state index in [1.165, 1.54) is 24.6 Å². The van der Waals surface area contributed by atoms with Crippen LogP contribution in [0.1, 0.15) is 52.7 Å². The van der Waals surface area contributed by atoms with E-state index in [9.17, 15) is 14.7 Å². The van der Waals surface area contributed by atoms with Gasteiger partial charge >= 0.3 is 0 Å². The monoisotopic (exact) mass is 378 g/mol. The summed E-state index contributed by atoms with van der Waals surface area (Å²) in [6, 6.07) is 13.2. The minimum absolute atomic E-state index is 0.0377. The Morgan fingerprint density at radius 3 is 2.57 bits per heavy atom. The molecule has 146 valence electrons. The molecule has 28 heavy (non-hydrogen) atoms. The molecule has 1 aliphatic rings. The van der Waals surface area contributed by atoms with Crippen LogP contribution in [-0.4, -0.2) is 34.8 Å². The second-order valence-corrected chi connectivity index (χ2v) is 7.21. The number of amides is 1. The highest BCUT2D eigenvalue weighted by Crippen LogP contribution is 2.28. The van der Waals surface area contributed by atoms with Crippen molar-refractivity contribution in [1.29, 1.82) is 0 Å². The molecule has 0 spiro atoms. The normalized spacial score (nSPS) is 15.1. The Kier molecular flexibility index (Phi) is 6.26. The van der Waals surface area contributed by atoms with Crippen LogP contribution in [0, 0.1) is 0 Å². The van der Waals surface area contributed by atoms with Gasteiger partial charge in [0.25, 0.3) is 0 Å². The highest BCUT2D eigenvalue weighted by molar-refractivity contribution is 5.97. The highest BCUT2D eigenvalue weighted by atomic mass is 16.3. The minimum atomic E-state index is -0.191. The molecule has 5 heteroatoms. The molecular weight excluding hydrogens is 352 g/mol. The fraction of sp³-hybridized carbons (Fsp3) is 0.304. The van der Waals surface area contributed by atoms with Gasteiger partial charge in [-0.25, -0.2) is 0 Å². The zero-order chi connectivity index (χ0) is 20.1. The van der Waals surface area contributed by atoms with Crippen LogP contribution in [-0.2, 0) is 11.3 Å². The summed E-state index contributed by atoms with van der Waals surface area (Å²) in [5.41, 5.74) is 9.13. The Morgan fingerprint density at radius 2 is 1.93 bits per heavy atom. The van der Waals surface area contributed by atoms with Crippen molar-refractivity contribution in [2.75, 3.05) is 13.1 Å². The highest BCUT2D eigenvalue weighted by Gasteiger charge is 2.22. The molecule has 0 unspecified atom stereocenters. The van der Waals surface area contributed by atoms with E-state index in [0.717, 1.165) is 31.5 Å². The lowest BCUT2D eigenvalue weighted by Crippen LogP contribution is -2.36. The lowest BCUT2D eigenvalue weighted by molar-refractivity contribution is -0.126. The van der Waals surface area contributed by atoms with Gasteiger partial charge < -0.3 is 15.7 Å². The molecule has 2 aromatic rings. The molecule has 0 atom stereocenters. The molecular formula is C23H26N2O3. The summed E-state index contributed by atoms with van der Waals surface area (Å²) in [5.74, 6) is 0.159. The lowest BCUT2D eigenvalue weighted by Gasteiger charge is -2.31. The molecule has 1 fully saturated rings. The zero-order valence-electron chi connectivity index (χ0n) is 16.1. The molecule has 1 amide bonds. The number of rotatable bonds is 5. The van der Waals surface area contributed by atoms with Gasteiger partial charge in [0, 0.05) is 25.7 Å². The molecule has 2 aromatic carbocycles. The molecule has 0 saturated carbocycles. The van der Waals surface area contributed by atoms with Crippen LogP contribution in [0.4, 0.5) is 0 Å². The second kappa shape index (κ2) is 8.85. The number of likely N-dealkylation sites (tertiary alicyclic amines) is 1. The first-order valence-electron chi connectivity index (χ1n) is 9.57. The fourth-order valence-electron chi connectivity index (χ4n) is 3.63. The van der Waals surface area contributed by atoms with Gasteiger partial charge in [-0.15, -0.1) is 0 Å². The number of benzene rings is 2. The molecule has 3 rings (SSSR count). The van der Waals surface area contributed by atoms with Gasteiger partial charge in [0.2, 0.25) is 5.91 Å². The number of hydrogen-bond acceptors (Lipinski definition) is 4. The van der Waals surface area contributed by atoms with Crippen LogP contribution in [0.2, 0.25) is 0 Å². The van der Waals surface area contributed by atoms with Crippen molar-refractivity contribution in [3.63, 3.8) is 0 Å². The smallest absolute Gasteiger partial charge is 0.246 e. The summed E-state index contributed by atoms with van der Waals surface area (Å²) < 4.78 is 0. The Hall–Kier alpha value is -2.92. The van der Waals surface area contributed by atoms with Crippen molar-refractivity contribution in [1.82, 2.24) is 4.90 Å². The number of nitrogens with two attached hydrogens (primary N) is 1. The van der Waals surface area contributed by atoms with Gasteiger partial charge in [-0.05, 0) is 60.6 Å². The number of Topliss-reactive ketones (excluding diaryl/α,β-unsaturated/α-hetero) is 1. The number of carbonyl (C=O) groups is 2. The molecule has 0 radical (unpaired) electrons. The van der Waals surface area contributed by atoms with E-state index >= 15 is 0 Å². The van der Waals surface area contributed by atoms with Crippen LogP contribution >= 0.6 is 0 Å². The molecule has 5 nitrogen and oxygen atoms in total. The van der Waals surface area contributed by atoms with E-state index in [1.54, 1.807) is 18.2 Å². The molecule has 3 N–H and O–H groups in total. The topological polar surface area (TPSA) is 83.6 Å². The number of hydrogen-bond donors (Lipinski definition) is 2. The van der Waals surface area contributed by atoms with E-state index in [2.05, 4.69) is 12.1 Å². The number of piperidine rings is 1. The van der Waals surface area contributed by atoms with Crippen molar-refractivity contribution in [2.24, 2.45) is 5.73 Å². The van der Waals surface area contributed by atoms with Gasteiger partial charge in [-0.2, -0.15) is 0 Å². The summed E-state index contributed by atoms with van der Waals surface area (Å²) in [6.45, 7) is 3.38. The van der Waals surface area contributed by atoms with Gasteiger partial charge in [0.15, 0.2) is 5.78 Å². The third-order valence-corrected chi connectivity index (χ3v) is 5.28. The van der Waals surface area contributed by atoms with Crippen molar-refractivity contribution < 1.29 is 14.7 Å². The number of nitrogens with zero attached hydrogens (tertiary/aromatic N) is 1. The Balaban J connectivity index is 1.58. The van der Waals surface area contributed by atoms with Gasteiger partial charge in [0.1, 0.15) is 5.75 Å². The predicted octanol–water partition coefficient (Wildman–Crippen LogP) is 3.47. The summed E-state index contributed by atoms with van der Waals surface area (Å²) in [6.07, 6.45) is 5.06. The largest absolute Gasteiger partial charge is 0.507 e. The first-order chi connectivity index (χ1) is 13.5. The summed E-state index contributed by atoms with van der Waals surface area (Å²) in [7, 11) is 0. The molecule has 0 aliphatic carbocycles.